The van der Waals surface area contributed by atoms with Crippen LogP contribution in [0.5, 0.6) is 0 Å². The van der Waals surface area contributed by atoms with E-state index >= 15 is 0 Å². The van der Waals surface area contributed by atoms with E-state index in [1.54, 1.807) is 23.5 Å². The smallest absolute Gasteiger partial charge is 0.293 e. The Balaban J connectivity index is 2.30. The van der Waals surface area contributed by atoms with Crippen molar-refractivity contribution in [1.29, 1.82) is 0 Å². The molecule has 1 aromatic heterocycles. The first-order valence-electron chi connectivity index (χ1n) is 6.03. The molecule has 106 valence electrons. The van der Waals surface area contributed by atoms with Crippen LogP contribution in [0.3, 0.4) is 0 Å². The molecule has 5 nitrogen and oxygen atoms in total. The molecule has 1 N–H and O–H groups in total. The van der Waals surface area contributed by atoms with Crippen molar-refractivity contribution in [3.05, 3.63) is 48.4 Å². The van der Waals surface area contributed by atoms with Crippen LogP contribution in [0.1, 0.15) is 28.5 Å². The van der Waals surface area contributed by atoms with E-state index in [4.69, 9.17) is 0 Å². The predicted molar refractivity (Wildman–Crippen MR) is 84.4 cm³/mol. The number of hydrogen-bond donors (Lipinski definition) is 1. The predicted octanol–water partition coefficient (Wildman–Crippen LogP) is 4.60. The van der Waals surface area contributed by atoms with Gasteiger partial charge in [0.15, 0.2) is 0 Å². The molecule has 7 heteroatoms. The topological polar surface area (TPSA) is 68.1 Å². The Bertz CT molecular complexity index is 657. The number of nitro benzene ring substituents is 1. The first kappa shape index (κ1) is 14.9. The first-order valence-corrected chi connectivity index (χ1v) is 7.64. The van der Waals surface area contributed by atoms with Gasteiger partial charge in [-0.1, -0.05) is 15.9 Å². The maximum absolute atomic E-state index is 11.1. The lowest BCUT2D eigenvalue weighted by atomic mass is 10.2. The molecule has 2 rings (SSSR count). The minimum absolute atomic E-state index is 0.0517. The fraction of sp³-hybridized carbons (Fsp3) is 0.308. The Morgan fingerprint density at radius 2 is 2.15 bits per heavy atom. The monoisotopic (exact) mass is 355 g/mol. The van der Waals surface area contributed by atoms with Gasteiger partial charge < -0.3 is 5.32 Å². The highest BCUT2D eigenvalue weighted by Gasteiger charge is 2.19. The largest absolute Gasteiger partial charge is 0.371 e. The summed E-state index contributed by atoms with van der Waals surface area (Å²) in [5.41, 5.74) is 1.48. The molecule has 1 atom stereocenters. The van der Waals surface area contributed by atoms with Crippen molar-refractivity contribution < 1.29 is 4.92 Å². The average molecular weight is 356 g/mol. The molecule has 2 aromatic rings. The Labute approximate surface area is 129 Å². The van der Waals surface area contributed by atoms with Crippen LogP contribution in [-0.4, -0.2) is 9.91 Å². The van der Waals surface area contributed by atoms with E-state index < -0.39 is 0 Å². The number of nitro groups is 1. The van der Waals surface area contributed by atoms with Crippen LogP contribution in [0.4, 0.5) is 11.4 Å². The number of aryl methyl sites for hydroxylation is 2. The summed E-state index contributed by atoms with van der Waals surface area (Å²) in [6.45, 7) is 5.91. The van der Waals surface area contributed by atoms with E-state index in [9.17, 15) is 10.1 Å². The van der Waals surface area contributed by atoms with Crippen LogP contribution in [0, 0.1) is 24.0 Å². The number of nitrogens with one attached hydrogen (secondary N) is 1. The van der Waals surface area contributed by atoms with Crippen LogP contribution in [0.15, 0.2) is 22.7 Å². The lowest BCUT2D eigenvalue weighted by Gasteiger charge is -2.14. The van der Waals surface area contributed by atoms with Gasteiger partial charge in [-0.2, -0.15) is 0 Å². The average Bonchev–Trinajstić information content (AvgIpc) is 2.70. The zero-order valence-electron chi connectivity index (χ0n) is 11.3. The lowest BCUT2D eigenvalue weighted by Crippen LogP contribution is -2.09. The third-order valence-corrected chi connectivity index (χ3v) is 4.27. The summed E-state index contributed by atoms with van der Waals surface area (Å²) in [4.78, 5) is 16.3. The summed E-state index contributed by atoms with van der Waals surface area (Å²) in [5, 5.41) is 15.3. The number of aromatic nitrogens is 1. The van der Waals surface area contributed by atoms with E-state index in [1.807, 2.05) is 20.8 Å². The van der Waals surface area contributed by atoms with Crippen molar-refractivity contribution in [2.75, 3.05) is 5.32 Å². The highest BCUT2D eigenvalue weighted by Crippen LogP contribution is 2.32. The molecule has 0 saturated heterocycles. The van der Waals surface area contributed by atoms with Crippen molar-refractivity contribution in [1.82, 2.24) is 4.98 Å². The van der Waals surface area contributed by atoms with Crippen molar-refractivity contribution in [3.63, 3.8) is 0 Å². The van der Waals surface area contributed by atoms with E-state index in [1.165, 1.54) is 6.07 Å². The van der Waals surface area contributed by atoms with Gasteiger partial charge in [-0.05, 0) is 32.9 Å². The maximum Gasteiger partial charge on any atom is 0.293 e. The molecule has 0 saturated carbocycles. The number of benzene rings is 1. The van der Waals surface area contributed by atoms with Crippen molar-refractivity contribution in [2.24, 2.45) is 0 Å². The highest BCUT2D eigenvalue weighted by atomic mass is 79.9. The van der Waals surface area contributed by atoms with Crippen LogP contribution in [-0.2, 0) is 0 Å². The van der Waals surface area contributed by atoms with Crippen molar-refractivity contribution in [3.8, 4) is 0 Å². The summed E-state index contributed by atoms with van der Waals surface area (Å²) < 4.78 is 0.683. The van der Waals surface area contributed by atoms with Crippen LogP contribution in [0.25, 0.3) is 0 Å². The number of nitrogens with zero attached hydrogens (tertiary/aromatic N) is 2. The number of thiazole rings is 1. The Hall–Kier alpha value is -1.47. The highest BCUT2D eigenvalue weighted by molar-refractivity contribution is 9.10. The minimum atomic E-state index is -0.390. The fourth-order valence-corrected chi connectivity index (χ4v) is 3.29. The summed E-state index contributed by atoms with van der Waals surface area (Å²) in [5.74, 6) is 0. The second kappa shape index (κ2) is 5.88. The molecular formula is C13H14BrN3O2S. The van der Waals surface area contributed by atoms with Gasteiger partial charge in [-0.15, -0.1) is 11.3 Å². The fourth-order valence-electron chi connectivity index (χ4n) is 2.03. The van der Waals surface area contributed by atoms with Crippen LogP contribution >= 0.6 is 27.3 Å². The first-order chi connectivity index (χ1) is 9.38. The molecule has 0 fully saturated rings. The third-order valence-electron chi connectivity index (χ3n) is 2.88. The quantitative estimate of drug-likeness (QED) is 0.642. The zero-order valence-corrected chi connectivity index (χ0v) is 13.7. The van der Waals surface area contributed by atoms with E-state index in [0.29, 0.717) is 10.2 Å². The van der Waals surface area contributed by atoms with Gasteiger partial charge in [0.2, 0.25) is 0 Å². The maximum atomic E-state index is 11.1. The number of rotatable bonds is 4. The molecule has 0 aliphatic carbocycles. The van der Waals surface area contributed by atoms with Gasteiger partial charge in [0.25, 0.3) is 5.69 Å². The molecule has 1 aromatic carbocycles. The zero-order chi connectivity index (χ0) is 14.9. The van der Waals surface area contributed by atoms with Crippen molar-refractivity contribution in [2.45, 2.75) is 26.8 Å². The molecule has 1 unspecified atom stereocenters. The van der Waals surface area contributed by atoms with Gasteiger partial charge in [-0.3, -0.25) is 10.1 Å². The van der Waals surface area contributed by atoms with Gasteiger partial charge in [-0.25, -0.2) is 4.98 Å². The Kier molecular flexibility index (Phi) is 4.39. The third kappa shape index (κ3) is 3.16. The van der Waals surface area contributed by atoms with E-state index in [2.05, 4.69) is 26.2 Å². The van der Waals surface area contributed by atoms with E-state index in [-0.39, 0.29) is 16.7 Å². The van der Waals surface area contributed by atoms with Gasteiger partial charge in [0, 0.05) is 15.4 Å². The number of hydrogen-bond acceptors (Lipinski definition) is 5. The molecule has 0 spiro atoms. The molecule has 0 aliphatic rings. The second-order valence-corrected chi connectivity index (χ2v) is 6.78. The van der Waals surface area contributed by atoms with Gasteiger partial charge in [0.05, 0.1) is 21.7 Å². The minimum Gasteiger partial charge on any atom is -0.371 e. The molecule has 0 aliphatic heterocycles. The standard InChI is InChI=1S/C13H14BrN3O2S/c1-7(13-8(2)20-9(3)16-13)15-11-5-4-10(14)6-12(11)17(18)19/h4-7,15H,1-3H3. The normalized spacial score (nSPS) is 12.2. The second-order valence-electron chi connectivity index (χ2n) is 4.46. The Morgan fingerprint density at radius 1 is 1.45 bits per heavy atom. The number of halogens is 1. The van der Waals surface area contributed by atoms with Crippen LogP contribution in [0.2, 0.25) is 0 Å². The van der Waals surface area contributed by atoms with E-state index in [0.717, 1.165) is 15.6 Å². The summed E-state index contributed by atoms with van der Waals surface area (Å²) >= 11 is 4.88. The molecule has 1 heterocycles. The molecule has 20 heavy (non-hydrogen) atoms. The number of anilines is 1. The van der Waals surface area contributed by atoms with Crippen LogP contribution < -0.4 is 5.32 Å². The van der Waals surface area contributed by atoms with Crippen molar-refractivity contribution >= 4 is 38.6 Å². The summed E-state index contributed by atoms with van der Waals surface area (Å²) in [6, 6.07) is 4.89. The van der Waals surface area contributed by atoms with Gasteiger partial charge in [0.1, 0.15) is 5.69 Å². The lowest BCUT2D eigenvalue weighted by molar-refractivity contribution is -0.384. The Morgan fingerprint density at radius 3 is 2.70 bits per heavy atom. The molecular weight excluding hydrogens is 342 g/mol. The molecule has 0 bridgehead atoms. The van der Waals surface area contributed by atoms with Gasteiger partial charge >= 0.3 is 0 Å². The summed E-state index contributed by atoms with van der Waals surface area (Å²) in [6.07, 6.45) is 0. The summed E-state index contributed by atoms with van der Waals surface area (Å²) in [7, 11) is 0. The molecule has 0 radical (unpaired) electrons. The molecule has 0 amide bonds. The SMILES string of the molecule is Cc1nc(C(C)Nc2ccc(Br)cc2[N+](=O)[O-])c(C)s1.